The summed E-state index contributed by atoms with van der Waals surface area (Å²) in [6, 6.07) is 9.71. The Balaban J connectivity index is 2.12. The second-order valence-electron chi connectivity index (χ2n) is 3.85. The first-order chi connectivity index (χ1) is 8.66. The lowest BCUT2D eigenvalue weighted by atomic mass is 10.1. The van der Waals surface area contributed by atoms with Crippen LogP contribution in [0.25, 0.3) is 10.1 Å². The zero-order valence-electron chi connectivity index (χ0n) is 9.06. The number of rotatable bonds is 2. The van der Waals surface area contributed by atoms with Crippen molar-refractivity contribution in [2.24, 2.45) is 0 Å². The number of aliphatic hydroxyl groups excluding tert-OH is 1. The summed E-state index contributed by atoms with van der Waals surface area (Å²) in [5, 5.41) is 13.5. The molecule has 0 saturated carbocycles. The minimum Gasteiger partial charge on any atom is -0.383 e. The van der Waals surface area contributed by atoms with E-state index in [2.05, 4.69) is 15.9 Å². The molecule has 0 aliphatic rings. The van der Waals surface area contributed by atoms with Crippen LogP contribution in [0.4, 0.5) is 0 Å². The van der Waals surface area contributed by atoms with E-state index in [0.29, 0.717) is 4.34 Å². The Kier molecular flexibility index (Phi) is 3.47. The Hall–Kier alpha value is -0.390. The van der Waals surface area contributed by atoms with Gasteiger partial charge in [-0.15, -0.1) is 22.7 Å². The topological polar surface area (TPSA) is 20.2 Å². The van der Waals surface area contributed by atoms with E-state index in [9.17, 15) is 5.11 Å². The third-order valence-corrected chi connectivity index (χ3v) is 5.99. The average Bonchev–Trinajstić information content (AvgIpc) is 2.95. The lowest BCUT2D eigenvalue weighted by Crippen LogP contribution is -1.95. The van der Waals surface area contributed by atoms with E-state index in [-0.39, 0.29) is 0 Å². The van der Waals surface area contributed by atoms with E-state index in [1.54, 1.807) is 11.3 Å². The van der Waals surface area contributed by atoms with Crippen molar-refractivity contribution in [3.63, 3.8) is 0 Å². The van der Waals surface area contributed by atoms with Crippen LogP contribution in [-0.2, 0) is 0 Å². The number of fused-ring (bicyclic) bond motifs is 1. The molecule has 3 rings (SSSR count). The molecule has 0 saturated heterocycles. The van der Waals surface area contributed by atoms with Crippen molar-refractivity contribution in [2.75, 3.05) is 0 Å². The van der Waals surface area contributed by atoms with Crippen molar-refractivity contribution in [1.82, 2.24) is 0 Å². The molecule has 2 aromatic heterocycles. The maximum absolute atomic E-state index is 10.4. The smallest absolute Gasteiger partial charge is 0.115 e. The van der Waals surface area contributed by atoms with Gasteiger partial charge in [-0.2, -0.15) is 0 Å². The Morgan fingerprint density at radius 2 is 2.06 bits per heavy atom. The third kappa shape index (κ3) is 2.12. The zero-order chi connectivity index (χ0) is 12.7. The van der Waals surface area contributed by atoms with Crippen LogP contribution in [0, 0.1) is 0 Å². The highest BCUT2D eigenvalue weighted by Gasteiger charge is 2.17. The zero-order valence-corrected chi connectivity index (χ0v) is 13.0. The molecular formula is C13H8BrClOS2. The summed E-state index contributed by atoms with van der Waals surface area (Å²) in [6.07, 6.45) is -0.606. The Labute approximate surface area is 126 Å². The number of hydrogen-bond donors (Lipinski definition) is 1. The molecule has 0 fully saturated rings. The van der Waals surface area contributed by atoms with Crippen molar-refractivity contribution >= 4 is 60.3 Å². The fraction of sp³-hybridized carbons (Fsp3) is 0.0769. The first-order valence-electron chi connectivity index (χ1n) is 5.25. The summed E-state index contributed by atoms with van der Waals surface area (Å²) in [6.45, 7) is 0. The van der Waals surface area contributed by atoms with E-state index < -0.39 is 6.10 Å². The van der Waals surface area contributed by atoms with Gasteiger partial charge in [0.05, 0.1) is 4.34 Å². The van der Waals surface area contributed by atoms with Crippen molar-refractivity contribution in [3.8, 4) is 0 Å². The van der Waals surface area contributed by atoms with E-state index in [0.717, 1.165) is 25.0 Å². The van der Waals surface area contributed by atoms with Crippen LogP contribution in [0.5, 0.6) is 0 Å². The van der Waals surface area contributed by atoms with Crippen LogP contribution in [0.2, 0.25) is 4.34 Å². The molecule has 18 heavy (non-hydrogen) atoms. The van der Waals surface area contributed by atoms with Gasteiger partial charge in [0.15, 0.2) is 0 Å². The van der Waals surface area contributed by atoms with E-state index >= 15 is 0 Å². The van der Waals surface area contributed by atoms with Crippen molar-refractivity contribution in [3.05, 3.63) is 55.0 Å². The average molecular weight is 360 g/mol. The SMILES string of the molecule is OC(c1ccc(Cl)s1)c1csc2c(Br)cccc12. The molecule has 1 atom stereocenters. The van der Waals surface area contributed by atoms with Gasteiger partial charge in [0.2, 0.25) is 0 Å². The summed E-state index contributed by atoms with van der Waals surface area (Å²) >= 11 is 12.5. The van der Waals surface area contributed by atoms with Gasteiger partial charge in [-0.25, -0.2) is 0 Å². The van der Waals surface area contributed by atoms with Gasteiger partial charge in [0.25, 0.3) is 0 Å². The summed E-state index contributed by atoms with van der Waals surface area (Å²) < 4.78 is 2.92. The largest absolute Gasteiger partial charge is 0.383 e. The molecule has 1 unspecified atom stereocenters. The van der Waals surface area contributed by atoms with Crippen molar-refractivity contribution in [2.45, 2.75) is 6.10 Å². The predicted molar refractivity (Wildman–Crippen MR) is 82.9 cm³/mol. The molecule has 0 aliphatic heterocycles. The minimum absolute atomic E-state index is 0.606. The fourth-order valence-corrected chi connectivity index (χ4v) is 4.59. The maximum Gasteiger partial charge on any atom is 0.115 e. The van der Waals surface area contributed by atoms with Gasteiger partial charge in [-0.05, 0) is 44.9 Å². The van der Waals surface area contributed by atoms with Crippen LogP contribution in [0.15, 0.2) is 40.2 Å². The highest BCUT2D eigenvalue weighted by molar-refractivity contribution is 9.10. The number of thiophene rings is 2. The number of hydrogen-bond acceptors (Lipinski definition) is 3. The van der Waals surface area contributed by atoms with Gasteiger partial charge in [-0.1, -0.05) is 23.7 Å². The summed E-state index contributed by atoms with van der Waals surface area (Å²) in [5.41, 5.74) is 0.940. The van der Waals surface area contributed by atoms with Crippen molar-refractivity contribution in [1.29, 1.82) is 0 Å². The molecule has 0 radical (unpaired) electrons. The van der Waals surface area contributed by atoms with Crippen LogP contribution in [0.3, 0.4) is 0 Å². The van der Waals surface area contributed by atoms with Crippen LogP contribution < -0.4 is 0 Å². The van der Waals surface area contributed by atoms with Crippen LogP contribution >= 0.6 is 50.2 Å². The normalized spacial score (nSPS) is 13.1. The molecule has 5 heteroatoms. The van der Waals surface area contributed by atoms with Crippen molar-refractivity contribution < 1.29 is 5.11 Å². The standard InChI is InChI=1S/C13H8BrClOS2/c14-9-3-1-2-7-8(6-17-13(7)9)12(16)10-4-5-11(15)18-10/h1-6,12,16H. The first kappa shape index (κ1) is 12.6. The second kappa shape index (κ2) is 4.94. The van der Waals surface area contributed by atoms with Crippen LogP contribution in [0.1, 0.15) is 16.5 Å². The minimum atomic E-state index is -0.606. The molecule has 0 aliphatic carbocycles. The molecular weight excluding hydrogens is 352 g/mol. The second-order valence-corrected chi connectivity index (χ2v) is 7.33. The molecule has 2 heterocycles. The van der Waals surface area contributed by atoms with Gasteiger partial charge in [0.1, 0.15) is 6.10 Å². The predicted octanol–water partition coefficient (Wildman–Crippen LogP) is 5.46. The van der Waals surface area contributed by atoms with E-state index in [1.807, 2.05) is 35.7 Å². The van der Waals surface area contributed by atoms with Gasteiger partial charge in [0, 0.05) is 19.6 Å². The fourth-order valence-electron chi connectivity index (χ4n) is 1.88. The highest BCUT2D eigenvalue weighted by atomic mass is 79.9. The molecule has 92 valence electrons. The Bertz CT molecular complexity index is 704. The quantitative estimate of drug-likeness (QED) is 0.644. The number of benzene rings is 1. The molecule has 1 N–H and O–H groups in total. The lowest BCUT2D eigenvalue weighted by Gasteiger charge is -2.07. The van der Waals surface area contributed by atoms with Gasteiger partial charge in [-0.3, -0.25) is 0 Å². The van der Waals surface area contributed by atoms with E-state index in [1.165, 1.54) is 11.3 Å². The van der Waals surface area contributed by atoms with Gasteiger partial charge < -0.3 is 5.11 Å². The molecule has 3 aromatic rings. The molecule has 0 spiro atoms. The molecule has 1 nitrogen and oxygen atoms in total. The summed E-state index contributed by atoms with van der Waals surface area (Å²) in [7, 11) is 0. The number of halogens is 2. The number of aliphatic hydroxyl groups is 1. The molecule has 0 amide bonds. The summed E-state index contributed by atoms with van der Waals surface area (Å²) in [5.74, 6) is 0. The Morgan fingerprint density at radius 3 is 2.78 bits per heavy atom. The lowest BCUT2D eigenvalue weighted by molar-refractivity contribution is 0.226. The van der Waals surface area contributed by atoms with Crippen LogP contribution in [-0.4, -0.2) is 5.11 Å². The van der Waals surface area contributed by atoms with Gasteiger partial charge >= 0.3 is 0 Å². The molecule has 0 bridgehead atoms. The first-order valence-corrected chi connectivity index (χ1v) is 8.12. The Morgan fingerprint density at radius 1 is 1.22 bits per heavy atom. The summed E-state index contributed by atoms with van der Waals surface area (Å²) in [4.78, 5) is 0.875. The monoisotopic (exact) mass is 358 g/mol. The highest BCUT2D eigenvalue weighted by Crippen LogP contribution is 2.39. The third-order valence-electron chi connectivity index (χ3n) is 2.74. The molecule has 1 aromatic carbocycles. The maximum atomic E-state index is 10.4. The van der Waals surface area contributed by atoms with E-state index in [4.69, 9.17) is 11.6 Å².